The molecule has 22 nitrogen and oxygen atoms in total. The van der Waals surface area contributed by atoms with Gasteiger partial charge in [-0.15, -0.1) is 0 Å². The fourth-order valence-corrected chi connectivity index (χ4v) is 16.0. The standard InChI is InChI=1S/C37H50N4O7S.C33H42N4O7S/c1-36(2,3)48-34(42)25-12-14-28-31(20-25)41-23-37(35(43)39(4)16-18-47-19-17-40(5)49(38,44)45)22-30(37)29-21-26(46-6)13-15-27(29)33(41)32(28)24-10-8-7-9-11-24;1-35(13-15-44-16-14-36(2)45(34,41)42)32(40)33-19-27(33)26-18-23(43-3)10-12-24(26)30-29(21-7-5-4-6-8-21)25-11-9-22(31(38)39)17-28(25)37(30)20-33/h12-15,20-21,24,30H,7-11,16-19,22-23H2,1-6H3,(H2,38,44,45);9-12,17-18,21,27H,4-8,13-16,19-20H2,1-3H3,(H,38,39)(H2,34,41,42)/t30-,37-;27-,33-/m11/s1. The topological polar surface area (TPSA) is 278 Å². The van der Waals surface area contributed by atoms with Crippen molar-refractivity contribution in [3.63, 3.8) is 0 Å². The number of carbonyl (C=O) groups is 4. The Labute approximate surface area is 552 Å². The molecule has 0 bridgehead atoms. The van der Waals surface area contributed by atoms with Gasteiger partial charge in [0.05, 0.1) is 74.0 Å². The molecule has 0 unspecified atom stereocenters. The van der Waals surface area contributed by atoms with Gasteiger partial charge in [0.25, 0.3) is 20.4 Å². The molecule has 6 aromatic rings. The number of aromatic carboxylic acids is 1. The number of carbonyl (C=O) groups excluding carboxylic acids is 3. The maximum atomic E-state index is 14.5. The Bertz CT molecular complexity index is 4130. The molecule has 2 aliphatic heterocycles. The van der Waals surface area contributed by atoms with Gasteiger partial charge in [-0.2, -0.15) is 25.4 Å². The number of fused-ring (bicyclic) bond motifs is 14. The predicted molar refractivity (Wildman–Crippen MR) is 360 cm³/mol. The number of hydrogen-bond donors (Lipinski definition) is 3. The van der Waals surface area contributed by atoms with Gasteiger partial charge in [0.2, 0.25) is 11.8 Å². The minimum Gasteiger partial charge on any atom is -0.497 e. The number of hydrogen-bond acceptors (Lipinski definition) is 13. The largest absolute Gasteiger partial charge is 0.497 e. The van der Waals surface area contributed by atoms with Crippen molar-refractivity contribution in [3.8, 4) is 34.0 Å². The number of benzene rings is 4. The van der Waals surface area contributed by atoms with E-state index in [0.717, 1.165) is 114 Å². The van der Waals surface area contributed by atoms with E-state index in [2.05, 4.69) is 39.5 Å². The summed E-state index contributed by atoms with van der Waals surface area (Å²) in [7, 11) is 2.11. The first-order valence-corrected chi connectivity index (χ1v) is 35.9. The summed E-state index contributed by atoms with van der Waals surface area (Å²) in [5.74, 6) is 0.923. The monoisotopic (exact) mass is 1330 g/mol. The van der Waals surface area contributed by atoms with Crippen LogP contribution in [0.5, 0.6) is 11.5 Å². The molecule has 4 aliphatic carbocycles. The number of methoxy groups -OCH3 is 2. The van der Waals surface area contributed by atoms with Gasteiger partial charge in [0.15, 0.2) is 0 Å². The molecule has 2 aromatic heterocycles. The van der Waals surface area contributed by atoms with E-state index < -0.39 is 42.8 Å². The van der Waals surface area contributed by atoms with E-state index in [1.54, 1.807) is 50.2 Å². The zero-order chi connectivity index (χ0) is 67.4. The number of aromatic nitrogens is 2. The van der Waals surface area contributed by atoms with Gasteiger partial charge in [0, 0.05) is 112 Å². The van der Waals surface area contributed by atoms with E-state index in [-0.39, 0.29) is 74.7 Å². The summed E-state index contributed by atoms with van der Waals surface area (Å²) in [6.45, 7) is 8.29. The number of likely N-dealkylation sites (N-methyl/N-ethyl adjacent to an activating group) is 4. The number of carboxylic acid groups (broad SMARTS) is 1. The molecular weight excluding hydrogens is 1240 g/mol. The highest BCUT2D eigenvalue weighted by molar-refractivity contribution is 7.87. The van der Waals surface area contributed by atoms with Crippen LogP contribution in [0.3, 0.4) is 0 Å². The fraction of sp³-hybridized carbons (Fsp3) is 0.543. The molecule has 508 valence electrons. The molecule has 4 atom stereocenters. The van der Waals surface area contributed by atoms with Crippen molar-refractivity contribution in [1.29, 1.82) is 0 Å². The van der Waals surface area contributed by atoms with E-state index in [1.165, 1.54) is 50.9 Å². The van der Waals surface area contributed by atoms with Gasteiger partial charge in [-0.3, -0.25) is 9.59 Å². The second-order valence-electron chi connectivity index (χ2n) is 27.8. The Morgan fingerprint density at radius 3 is 1.34 bits per heavy atom. The molecule has 4 saturated carbocycles. The Balaban J connectivity index is 0.000000192. The summed E-state index contributed by atoms with van der Waals surface area (Å²) < 4.78 is 80.9. The van der Waals surface area contributed by atoms with Crippen LogP contribution in [0, 0.1) is 10.8 Å². The van der Waals surface area contributed by atoms with Crippen LogP contribution in [0.15, 0.2) is 72.8 Å². The fourth-order valence-electron chi connectivity index (χ4n) is 15.4. The summed E-state index contributed by atoms with van der Waals surface area (Å²) in [5.41, 5.74) is 9.76. The molecule has 4 aromatic carbocycles. The summed E-state index contributed by atoms with van der Waals surface area (Å²) in [6.07, 6.45) is 12.9. The highest BCUT2D eigenvalue weighted by Gasteiger charge is 2.65. The summed E-state index contributed by atoms with van der Waals surface area (Å²) in [5, 5.41) is 22.4. The van der Waals surface area contributed by atoms with Crippen molar-refractivity contribution in [2.75, 3.05) is 95.0 Å². The summed E-state index contributed by atoms with van der Waals surface area (Å²) in [6, 6.07) is 23.8. The maximum Gasteiger partial charge on any atom is 0.338 e. The highest BCUT2D eigenvalue weighted by Crippen LogP contribution is 2.68. The first-order valence-electron chi connectivity index (χ1n) is 32.9. The van der Waals surface area contributed by atoms with E-state index in [4.69, 9.17) is 34.0 Å². The van der Waals surface area contributed by atoms with Crippen molar-refractivity contribution in [3.05, 3.63) is 106 Å². The number of carboxylic acids is 1. The van der Waals surface area contributed by atoms with Crippen molar-refractivity contribution < 1.29 is 64.8 Å². The molecule has 4 fully saturated rings. The Morgan fingerprint density at radius 2 is 0.957 bits per heavy atom. The number of esters is 1. The molecule has 24 heteroatoms. The summed E-state index contributed by atoms with van der Waals surface area (Å²) in [4.78, 5) is 57.7. The minimum atomic E-state index is -3.78. The number of ether oxygens (including phenoxy) is 5. The quantitative estimate of drug-likeness (QED) is 0.0422. The Morgan fingerprint density at radius 1 is 0.564 bits per heavy atom. The number of nitrogens with zero attached hydrogens (tertiary/aromatic N) is 6. The molecule has 12 rings (SSSR count). The molecule has 0 saturated heterocycles. The van der Waals surface area contributed by atoms with Gasteiger partial charge >= 0.3 is 11.9 Å². The first-order chi connectivity index (χ1) is 44.6. The maximum absolute atomic E-state index is 14.5. The zero-order valence-electron chi connectivity index (χ0n) is 55.7. The van der Waals surface area contributed by atoms with Crippen LogP contribution in [0.1, 0.15) is 164 Å². The van der Waals surface area contributed by atoms with Gasteiger partial charge in [-0.05, 0) is 154 Å². The number of nitrogens with two attached hydrogens (primary N) is 2. The molecule has 5 N–H and O–H groups in total. The molecule has 2 amide bonds. The molecular formula is C70H92N8O14S2. The van der Waals surface area contributed by atoms with Crippen molar-refractivity contribution in [2.45, 2.75) is 140 Å². The van der Waals surface area contributed by atoms with Crippen LogP contribution in [0.4, 0.5) is 0 Å². The Hall–Kier alpha value is -6.90. The molecule has 94 heavy (non-hydrogen) atoms. The lowest BCUT2D eigenvalue weighted by Gasteiger charge is -2.26. The number of rotatable bonds is 22. The summed E-state index contributed by atoms with van der Waals surface area (Å²) >= 11 is 0. The molecule has 0 radical (unpaired) electrons. The first kappa shape index (κ1) is 68.5. The van der Waals surface area contributed by atoms with Crippen molar-refractivity contribution >= 4 is 66.0 Å². The van der Waals surface area contributed by atoms with Crippen LogP contribution >= 0.6 is 0 Å². The Kier molecular flexibility index (Phi) is 19.6. The normalized spacial score (nSPS) is 20.9. The molecule has 6 aliphatic rings. The molecule has 0 spiro atoms. The lowest BCUT2D eigenvalue weighted by atomic mass is 9.81. The highest BCUT2D eigenvalue weighted by atomic mass is 32.2. The lowest BCUT2D eigenvalue weighted by molar-refractivity contribution is -0.137. The van der Waals surface area contributed by atoms with E-state index >= 15 is 0 Å². The number of amides is 2. The second kappa shape index (κ2) is 27.0. The van der Waals surface area contributed by atoms with Crippen LogP contribution in [-0.2, 0) is 57.3 Å². The van der Waals surface area contributed by atoms with Crippen LogP contribution in [0.2, 0.25) is 0 Å². The lowest BCUT2D eigenvalue weighted by Crippen LogP contribution is -2.39. The average molecular weight is 1330 g/mol. The zero-order valence-corrected chi connectivity index (χ0v) is 57.3. The van der Waals surface area contributed by atoms with Gasteiger partial charge in [-0.25, -0.2) is 19.9 Å². The predicted octanol–water partition coefficient (Wildman–Crippen LogP) is 9.58. The van der Waals surface area contributed by atoms with Gasteiger partial charge in [0.1, 0.15) is 17.1 Å². The average Bonchev–Trinajstić information content (AvgIpc) is 1.53. The minimum absolute atomic E-state index is 0.0000677. The third kappa shape index (κ3) is 13.6. The van der Waals surface area contributed by atoms with Crippen molar-refractivity contribution in [2.24, 2.45) is 21.1 Å². The van der Waals surface area contributed by atoms with Gasteiger partial charge < -0.3 is 47.7 Å². The third-order valence-corrected chi connectivity index (χ3v) is 22.7. The van der Waals surface area contributed by atoms with Gasteiger partial charge in [-0.1, -0.05) is 50.7 Å². The second-order valence-corrected chi connectivity index (χ2v) is 31.1. The van der Waals surface area contributed by atoms with Crippen LogP contribution < -0.4 is 19.8 Å². The third-order valence-electron chi connectivity index (χ3n) is 20.6. The van der Waals surface area contributed by atoms with E-state index in [9.17, 15) is 41.1 Å². The van der Waals surface area contributed by atoms with E-state index in [0.29, 0.717) is 56.4 Å². The smallest absolute Gasteiger partial charge is 0.338 e. The van der Waals surface area contributed by atoms with Crippen molar-refractivity contribution in [1.82, 2.24) is 27.5 Å². The van der Waals surface area contributed by atoms with Crippen LogP contribution in [0.25, 0.3) is 44.3 Å². The van der Waals surface area contributed by atoms with Crippen LogP contribution in [-0.4, -0.2) is 174 Å². The molecule has 4 heterocycles. The van der Waals surface area contributed by atoms with E-state index in [1.807, 2.05) is 51.1 Å². The SMILES string of the molecule is COc1ccc2c(c1)[C@H]1C[C@@]1(C(=O)N(C)CCOCCN(C)S(N)(=O)=O)Cn1c-2c(C2CCCCC2)c2ccc(C(=O)O)cc21.COc1ccc2c(c1)[C@H]1C[C@@]1(C(=O)N(C)CCOCCN(C)S(N)(=O)=O)Cn1c-2c(C2CCCCC2)c2ccc(C(=O)OC(C)(C)C)cc21.